The molecule has 1 aromatic carbocycles. The zero-order chi connectivity index (χ0) is 22.9. The minimum absolute atomic E-state index is 0.121. The zero-order valence-electron chi connectivity index (χ0n) is 19.5. The number of para-hydroxylation sites is 1. The van der Waals surface area contributed by atoms with E-state index in [1.54, 1.807) is 23.1 Å². The van der Waals surface area contributed by atoms with E-state index in [0.29, 0.717) is 29.9 Å². The van der Waals surface area contributed by atoms with Crippen LogP contribution < -0.4 is 5.32 Å². The molecule has 32 heavy (non-hydrogen) atoms. The van der Waals surface area contributed by atoms with Crippen molar-refractivity contribution in [1.82, 2.24) is 20.4 Å². The lowest BCUT2D eigenvalue weighted by Crippen LogP contribution is -2.56. The number of carbonyl (C=O) groups is 1. The van der Waals surface area contributed by atoms with Crippen LogP contribution in [0.15, 0.2) is 33.0 Å². The number of nitrogens with one attached hydrogen (secondary N) is 1. The van der Waals surface area contributed by atoms with Gasteiger partial charge in [-0.3, -0.25) is 9.69 Å². The first-order chi connectivity index (χ1) is 15.2. The van der Waals surface area contributed by atoms with Crippen molar-refractivity contribution in [2.24, 2.45) is 11.8 Å². The first-order valence-corrected chi connectivity index (χ1v) is 13.0. The highest BCUT2D eigenvalue weighted by molar-refractivity contribution is 8.00. The third-order valence-corrected chi connectivity index (χ3v) is 8.16. The second kappa shape index (κ2) is 9.53. The lowest BCUT2D eigenvalue weighted by Gasteiger charge is -2.45. The monoisotopic (exact) mass is 472 g/mol. The van der Waals surface area contributed by atoms with Crippen molar-refractivity contribution in [3.8, 4) is 0 Å². The van der Waals surface area contributed by atoms with Crippen LogP contribution in [0, 0.1) is 18.8 Å². The van der Waals surface area contributed by atoms with Gasteiger partial charge in [-0.05, 0) is 45.1 Å². The summed E-state index contributed by atoms with van der Waals surface area (Å²) < 4.78 is 6.92. The molecule has 2 aromatic heterocycles. The fourth-order valence-electron chi connectivity index (χ4n) is 4.54. The lowest BCUT2D eigenvalue weighted by atomic mass is 9.88. The highest BCUT2D eigenvalue weighted by Crippen LogP contribution is 2.33. The van der Waals surface area contributed by atoms with Crippen molar-refractivity contribution in [3.63, 3.8) is 0 Å². The summed E-state index contributed by atoms with van der Waals surface area (Å²) in [6.07, 6.45) is 1.27. The van der Waals surface area contributed by atoms with Gasteiger partial charge in [0.2, 0.25) is 0 Å². The van der Waals surface area contributed by atoms with Gasteiger partial charge in [-0.15, -0.1) is 10.2 Å². The van der Waals surface area contributed by atoms with Gasteiger partial charge in [0.05, 0.1) is 0 Å². The van der Waals surface area contributed by atoms with Crippen LogP contribution in [0.25, 0.3) is 11.0 Å². The topological polar surface area (TPSA) is 71.3 Å². The molecule has 1 fully saturated rings. The third-order valence-electron chi connectivity index (χ3n) is 6.16. The summed E-state index contributed by atoms with van der Waals surface area (Å²) in [6.45, 7) is 13.7. The Morgan fingerprint density at radius 3 is 2.66 bits per heavy atom. The van der Waals surface area contributed by atoms with Gasteiger partial charge >= 0.3 is 0 Å². The maximum absolute atomic E-state index is 13.3. The summed E-state index contributed by atoms with van der Waals surface area (Å²) in [5.74, 6) is 2.21. The van der Waals surface area contributed by atoms with E-state index < -0.39 is 0 Å². The molecule has 0 radical (unpaired) electrons. The number of hydrogen-bond acceptors (Lipinski definition) is 7. The van der Waals surface area contributed by atoms with Crippen molar-refractivity contribution in [1.29, 1.82) is 0 Å². The lowest BCUT2D eigenvalue weighted by molar-refractivity contribution is 0.0441. The van der Waals surface area contributed by atoms with E-state index in [1.165, 1.54) is 6.42 Å². The molecule has 1 amide bonds. The molecule has 1 saturated heterocycles. The number of aryl methyl sites for hydroxylation is 1. The predicted molar refractivity (Wildman–Crippen MR) is 131 cm³/mol. The van der Waals surface area contributed by atoms with Crippen molar-refractivity contribution in [2.45, 2.75) is 56.7 Å². The smallest absolute Gasteiger partial charge is 0.287 e. The second-order valence-electron chi connectivity index (χ2n) is 9.63. The normalized spacial score (nSPS) is 20.0. The highest BCUT2D eigenvalue weighted by Gasteiger charge is 2.33. The Labute approximate surface area is 198 Å². The van der Waals surface area contributed by atoms with Crippen LogP contribution in [0.3, 0.4) is 0 Å². The summed E-state index contributed by atoms with van der Waals surface area (Å²) in [4.78, 5) is 15.8. The van der Waals surface area contributed by atoms with E-state index in [4.69, 9.17) is 4.42 Å². The van der Waals surface area contributed by atoms with Crippen LogP contribution >= 0.6 is 23.1 Å². The average Bonchev–Trinajstić information content (AvgIpc) is 3.33. The fraction of sp³-hybridized carbons (Fsp3) is 0.542. The number of piperidine rings is 1. The molecule has 1 N–H and O–H groups in total. The number of rotatable bonds is 7. The number of hydrogen-bond donors (Lipinski definition) is 1. The van der Waals surface area contributed by atoms with E-state index in [1.807, 2.05) is 31.2 Å². The molecule has 172 valence electrons. The van der Waals surface area contributed by atoms with Crippen LogP contribution in [0.2, 0.25) is 0 Å². The van der Waals surface area contributed by atoms with Gasteiger partial charge < -0.3 is 9.73 Å². The van der Waals surface area contributed by atoms with E-state index in [2.05, 4.69) is 48.1 Å². The number of amides is 1. The van der Waals surface area contributed by atoms with Crippen molar-refractivity contribution in [3.05, 3.63) is 40.6 Å². The molecule has 2 unspecified atom stereocenters. The maximum atomic E-state index is 13.3. The molecule has 0 aliphatic carbocycles. The van der Waals surface area contributed by atoms with Gasteiger partial charge in [-0.25, -0.2) is 0 Å². The van der Waals surface area contributed by atoms with Crippen LogP contribution in [-0.4, -0.2) is 46.2 Å². The minimum atomic E-state index is -0.156. The zero-order valence-corrected chi connectivity index (χ0v) is 21.1. The summed E-state index contributed by atoms with van der Waals surface area (Å²) >= 11 is 3.15. The van der Waals surface area contributed by atoms with Gasteiger partial charge in [0.25, 0.3) is 5.91 Å². The van der Waals surface area contributed by atoms with Gasteiger partial charge in [0.15, 0.2) is 10.1 Å². The molecule has 6 nitrogen and oxygen atoms in total. The second-order valence-corrected chi connectivity index (χ2v) is 12.0. The first-order valence-electron chi connectivity index (χ1n) is 11.2. The van der Waals surface area contributed by atoms with Crippen LogP contribution in [0.5, 0.6) is 0 Å². The standard InChI is InChI=1S/C24H32N4O2S2/c1-15-10-16(2)12-28(11-15)24(4,5)14-25-22(29)21-19(13-31-23-27-26-17(3)32-23)18-8-6-7-9-20(18)30-21/h6-9,15-16H,10-14H2,1-5H3,(H,25,29). The quantitative estimate of drug-likeness (QED) is 0.466. The van der Waals surface area contributed by atoms with Crippen LogP contribution in [-0.2, 0) is 5.75 Å². The average molecular weight is 473 g/mol. The largest absolute Gasteiger partial charge is 0.451 e. The molecule has 3 heterocycles. The number of nitrogens with zero attached hydrogens (tertiary/aromatic N) is 3. The molecule has 0 saturated carbocycles. The fourth-order valence-corrected chi connectivity index (χ4v) is 6.39. The van der Waals surface area contributed by atoms with Gasteiger partial charge in [-0.1, -0.05) is 55.1 Å². The maximum Gasteiger partial charge on any atom is 0.287 e. The number of likely N-dealkylation sites (tertiary alicyclic amines) is 1. The van der Waals surface area contributed by atoms with Gasteiger partial charge in [0, 0.05) is 41.9 Å². The third kappa shape index (κ3) is 5.18. The van der Waals surface area contributed by atoms with E-state index in [9.17, 15) is 4.79 Å². The highest BCUT2D eigenvalue weighted by atomic mass is 32.2. The Hall–Kier alpha value is -1.90. The molecule has 2 atom stereocenters. The molecular formula is C24H32N4O2S2. The SMILES string of the molecule is Cc1nnc(SCc2c(C(=O)NCC(C)(C)N3CC(C)CC(C)C3)oc3ccccc23)s1. The van der Waals surface area contributed by atoms with Crippen LogP contribution in [0.4, 0.5) is 0 Å². The molecule has 4 rings (SSSR count). The van der Waals surface area contributed by atoms with E-state index in [0.717, 1.165) is 39.0 Å². The van der Waals surface area contributed by atoms with Gasteiger partial charge in [-0.2, -0.15) is 0 Å². The number of carbonyl (C=O) groups excluding carboxylic acids is 1. The summed E-state index contributed by atoms with van der Waals surface area (Å²) in [5.41, 5.74) is 1.53. The molecular weight excluding hydrogens is 440 g/mol. The Balaban J connectivity index is 1.50. The first kappa shape index (κ1) is 23.3. The number of benzene rings is 1. The Morgan fingerprint density at radius 1 is 1.25 bits per heavy atom. The Kier molecular flexibility index (Phi) is 6.93. The number of furan rings is 1. The molecule has 3 aromatic rings. The van der Waals surface area contributed by atoms with Crippen LogP contribution in [0.1, 0.15) is 55.2 Å². The number of aromatic nitrogens is 2. The van der Waals surface area contributed by atoms with E-state index >= 15 is 0 Å². The van der Waals surface area contributed by atoms with E-state index in [-0.39, 0.29) is 11.4 Å². The molecule has 8 heteroatoms. The molecule has 0 spiro atoms. The molecule has 1 aliphatic rings. The molecule has 1 aliphatic heterocycles. The number of fused-ring (bicyclic) bond motifs is 1. The summed E-state index contributed by atoms with van der Waals surface area (Å²) in [6, 6.07) is 7.83. The minimum Gasteiger partial charge on any atom is -0.451 e. The summed E-state index contributed by atoms with van der Waals surface area (Å²) in [7, 11) is 0. The van der Waals surface area contributed by atoms with Crippen molar-refractivity contribution < 1.29 is 9.21 Å². The molecule has 0 bridgehead atoms. The van der Waals surface area contributed by atoms with Crippen molar-refractivity contribution >= 4 is 40.0 Å². The van der Waals surface area contributed by atoms with Gasteiger partial charge in [0.1, 0.15) is 10.6 Å². The summed E-state index contributed by atoms with van der Waals surface area (Å²) in [5, 5.41) is 13.4. The Bertz CT molecular complexity index is 1080. The predicted octanol–water partition coefficient (Wildman–Crippen LogP) is 5.37. The number of thioether (sulfide) groups is 1. The van der Waals surface area contributed by atoms with Crippen molar-refractivity contribution in [2.75, 3.05) is 19.6 Å². The Morgan fingerprint density at radius 2 is 1.97 bits per heavy atom.